The van der Waals surface area contributed by atoms with Gasteiger partial charge in [-0.2, -0.15) is 0 Å². The average molecular weight is 165 g/mol. The van der Waals surface area contributed by atoms with Crippen molar-refractivity contribution in [1.82, 2.24) is 0 Å². The summed E-state index contributed by atoms with van der Waals surface area (Å²) in [6.45, 7) is 5.77. The monoisotopic (exact) mass is 165 g/mol. The first-order valence-corrected chi connectivity index (χ1v) is 3.89. The van der Waals surface area contributed by atoms with E-state index in [1.807, 2.05) is 13.0 Å². The van der Waals surface area contributed by atoms with Crippen molar-refractivity contribution in [3.63, 3.8) is 0 Å². The maximum absolute atomic E-state index is 7.41. The van der Waals surface area contributed by atoms with Gasteiger partial charge in [0.1, 0.15) is 0 Å². The molecule has 0 saturated heterocycles. The first-order chi connectivity index (χ1) is 5.11. The van der Waals surface area contributed by atoms with E-state index in [1.54, 1.807) is 6.08 Å². The Labute approximate surface area is 72.4 Å². The molecule has 0 aliphatic heterocycles. The minimum atomic E-state index is 0.626. The van der Waals surface area contributed by atoms with Crippen LogP contribution in [0.3, 0.4) is 0 Å². The van der Waals surface area contributed by atoms with Gasteiger partial charge in [0.2, 0.25) is 0 Å². The third kappa shape index (κ3) is 1.84. The van der Waals surface area contributed by atoms with E-state index in [0.717, 1.165) is 16.1 Å². The summed E-state index contributed by atoms with van der Waals surface area (Å²) in [5.74, 6) is 0. The lowest BCUT2D eigenvalue weighted by molar-refractivity contribution is 1.22. The number of allylic oxidation sites excluding steroid dienone is 4. The van der Waals surface area contributed by atoms with Crippen LogP contribution in [0.5, 0.6) is 0 Å². The van der Waals surface area contributed by atoms with Crippen molar-refractivity contribution in [3.05, 3.63) is 34.8 Å². The second-order valence-electron chi connectivity index (χ2n) is 2.68. The first kappa shape index (κ1) is 8.34. The average Bonchev–Trinajstić information content (AvgIpc) is 1.94. The smallest absolute Gasteiger partial charge is 0.0358 e. The Morgan fingerprint density at radius 3 is 2.73 bits per heavy atom. The van der Waals surface area contributed by atoms with Crippen LogP contribution in [0.2, 0.25) is 0 Å². The van der Waals surface area contributed by atoms with Crippen LogP contribution in [0.4, 0.5) is 0 Å². The highest BCUT2D eigenvalue weighted by molar-refractivity contribution is 7.84. The van der Waals surface area contributed by atoms with Gasteiger partial charge in [0.25, 0.3) is 0 Å². The molecule has 11 heavy (non-hydrogen) atoms. The van der Waals surface area contributed by atoms with E-state index in [4.69, 9.17) is 5.41 Å². The number of hydrogen-bond acceptors (Lipinski definition) is 2. The van der Waals surface area contributed by atoms with Crippen LogP contribution in [0, 0.1) is 5.41 Å². The maximum atomic E-state index is 7.41. The number of hydrogen-bond donors (Lipinski definition) is 2. The lowest BCUT2D eigenvalue weighted by Crippen LogP contribution is -2.01. The number of nitrogens with one attached hydrogen (secondary N) is 1. The quantitative estimate of drug-likeness (QED) is 0.558. The van der Waals surface area contributed by atoms with Crippen LogP contribution in [0.1, 0.15) is 13.3 Å². The molecule has 1 N–H and O–H groups in total. The maximum Gasteiger partial charge on any atom is 0.0358 e. The molecule has 0 heterocycles. The molecule has 1 aliphatic carbocycles. The molecule has 1 nitrogen and oxygen atoms in total. The van der Waals surface area contributed by atoms with Crippen molar-refractivity contribution in [2.24, 2.45) is 0 Å². The van der Waals surface area contributed by atoms with Crippen molar-refractivity contribution in [2.45, 2.75) is 13.3 Å². The van der Waals surface area contributed by atoms with Crippen LogP contribution >= 0.6 is 12.6 Å². The molecular weight excluding hydrogens is 154 g/mol. The van der Waals surface area contributed by atoms with E-state index >= 15 is 0 Å². The van der Waals surface area contributed by atoms with Crippen LogP contribution in [0.25, 0.3) is 0 Å². The third-order valence-corrected chi connectivity index (χ3v) is 2.05. The van der Waals surface area contributed by atoms with Gasteiger partial charge >= 0.3 is 0 Å². The summed E-state index contributed by atoms with van der Waals surface area (Å²) < 4.78 is 0. The molecule has 0 unspecified atom stereocenters. The van der Waals surface area contributed by atoms with Gasteiger partial charge in [-0.3, -0.25) is 0 Å². The Bertz CT molecular complexity index is 271. The van der Waals surface area contributed by atoms with Gasteiger partial charge < -0.3 is 5.41 Å². The largest absolute Gasteiger partial charge is 0.305 e. The fourth-order valence-electron chi connectivity index (χ4n) is 0.990. The molecule has 2 heteroatoms. The minimum Gasteiger partial charge on any atom is -0.305 e. The van der Waals surface area contributed by atoms with Gasteiger partial charge in [-0.1, -0.05) is 12.2 Å². The highest BCUT2D eigenvalue weighted by Crippen LogP contribution is 2.24. The van der Waals surface area contributed by atoms with Crippen molar-refractivity contribution in [1.29, 1.82) is 5.41 Å². The van der Waals surface area contributed by atoms with E-state index in [-0.39, 0.29) is 0 Å². The Kier molecular flexibility index (Phi) is 2.35. The molecule has 0 aromatic carbocycles. The van der Waals surface area contributed by atoms with Crippen LogP contribution in [-0.4, -0.2) is 5.71 Å². The molecule has 0 amide bonds. The van der Waals surface area contributed by atoms with Crippen LogP contribution in [-0.2, 0) is 0 Å². The molecule has 0 atom stereocenters. The highest BCUT2D eigenvalue weighted by Gasteiger charge is 2.08. The van der Waals surface area contributed by atoms with Crippen LogP contribution < -0.4 is 0 Å². The standard InChI is InChI=1S/C9H11NS/c1-6(2)8-5-7(10)3-4-9(8)11/h3-4,10-11H,1,5H2,2H3. The van der Waals surface area contributed by atoms with Crippen LogP contribution in [0.15, 0.2) is 34.8 Å². The van der Waals surface area contributed by atoms with Gasteiger partial charge in [0.15, 0.2) is 0 Å². The molecule has 0 bridgehead atoms. The second kappa shape index (κ2) is 3.09. The van der Waals surface area contributed by atoms with Gasteiger partial charge in [0.05, 0.1) is 0 Å². The zero-order valence-electron chi connectivity index (χ0n) is 6.52. The molecule has 0 aromatic heterocycles. The van der Waals surface area contributed by atoms with Crippen molar-refractivity contribution in [2.75, 3.05) is 0 Å². The van der Waals surface area contributed by atoms with Gasteiger partial charge in [0, 0.05) is 17.0 Å². The molecule has 0 saturated carbocycles. The predicted molar refractivity (Wildman–Crippen MR) is 52.3 cm³/mol. The molecule has 0 radical (unpaired) electrons. The summed E-state index contributed by atoms with van der Waals surface area (Å²) in [6, 6.07) is 0. The van der Waals surface area contributed by atoms with E-state index in [1.165, 1.54) is 0 Å². The zero-order valence-corrected chi connectivity index (χ0v) is 7.41. The van der Waals surface area contributed by atoms with Gasteiger partial charge in [-0.25, -0.2) is 0 Å². The summed E-state index contributed by atoms with van der Waals surface area (Å²) in [7, 11) is 0. The summed E-state index contributed by atoms with van der Waals surface area (Å²) in [5, 5.41) is 7.41. The fraction of sp³-hybridized carbons (Fsp3) is 0.222. The van der Waals surface area contributed by atoms with Crippen molar-refractivity contribution < 1.29 is 0 Å². The molecular formula is C9H11NS. The third-order valence-electron chi connectivity index (χ3n) is 1.63. The molecule has 0 fully saturated rings. The van der Waals surface area contributed by atoms with Gasteiger partial charge in [-0.05, 0) is 24.6 Å². The summed E-state index contributed by atoms with van der Waals surface area (Å²) in [6.07, 6.45) is 4.29. The number of thiol groups is 1. The lowest BCUT2D eigenvalue weighted by atomic mass is 9.98. The molecule has 1 aliphatic rings. The molecule has 58 valence electrons. The van der Waals surface area contributed by atoms with E-state index in [0.29, 0.717) is 12.1 Å². The van der Waals surface area contributed by atoms with E-state index in [2.05, 4.69) is 19.2 Å². The lowest BCUT2D eigenvalue weighted by Gasteiger charge is -2.12. The SMILES string of the molecule is C=C(C)C1=C(S)C=CC(=N)C1. The van der Waals surface area contributed by atoms with E-state index < -0.39 is 0 Å². The summed E-state index contributed by atoms with van der Waals surface area (Å²) >= 11 is 4.27. The fourth-order valence-corrected chi connectivity index (χ4v) is 1.33. The number of rotatable bonds is 1. The predicted octanol–water partition coefficient (Wildman–Crippen LogP) is 2.73. The Morgan fingerprint density at radius 1 is 1.64 bits per heavy atom. The normalized spacial score (nSPS) is 17.5. The summed E-state index contributed by atoms with van der Waals surface area (Å²) in [5.41, 5.74) is 2.71. The zero-order chi connectivity index (χ0) is 8.43. The molecule has 0 aromatic rings. The first-order valence-electron chi connectivity index (χ1n) is 3.44. The highest BCUT2D eigenvalue weighted by atomic mass is 32.1. The van der Waals surface area contributed by atoms with Gasteiger partial charge in [-0.15, -0.1) is 12.6 Å². The molecule has 0 spiro atoms. The Balaban J connectivity index is 2.99. The molecule has 1 rings (SSSR count). The Hall–Kier alpha value is -0.760. The minimum absolute atomic E-state index is 0.626. The topological polar surface area (TPSA) is 23.9 Å². The Morgan fingerprint density at radius 2 is 2.27 bits per heavy atom. The second-order valence-corrected chi connectivity index (χ2v) is 3.16. The summed E-state index contributed by atoms with van der Waals surface area (Å²) in [4.78, 5) is 0.938. The van der Waals surface area contributed by atoms with E-state index in [9.17, 15) is 0 Å². The van der Waals surface area contributed by atoms with Crippen molar-refractivity contribution >= 4 is 18.3 Å². The van der Waals surface area contributed by atoms with Crippen molar-refractivity contribution in [3.8, 4) is 0 Å².